The molecule has 1 aliphatic carbocycles. The summed E-state index contributed by atoms with van der Waals surface area (Å²) in [6, 6.07) is 12.7. The fraction of sp³-hybridized carbons (Fsp3) is 0.409. The zero-order chi connectivity index (χ0) is 17.8. The van der Waals surface area contributed by atoms with Gasteiger partial charge >= 0.3 is 0 Å². The van der Waals surface area contributed by atoms with Gasteiger partial charge in [-0.1, -0.05) is 36.4 Å². The van der Waals surface area contributed by atoms with Gasteiger partial charge in [-0.15, -0.1) is 0 Å². The van der Waals surface area contributed by atoms with Crippen LogP contribution in [0.5, 0.6) is 0 Å². The molecule has 3 heteroatoms. The summed E-state index contributed by atoms with van der Waals surface area (Å²) >= 11 is 0. The molecule has 0 amide bonds. The summed E-state index contributed by atoms with van der Waals surface area (Å²) in [5.74, 6) is 0.241. The molecule has 2 nitrogen and oxygen atoms in total. The van der Waals surface area contributed by atoms with Crippen LogP contribution in [0.15, 0.2) is 42.5 Å². The lowest BCUT2D eigenvalue weighted by molar-refractivity contribution is 0.0328. The van der Waals surface area contributed by atoms with Crippen LogP contribution in [0.2, 0.25) is 0 Å². The van der Waals surface area contributed by atoms with Crippen molar-refractivity contribution in [1.29, 1.82) is 0 Å². The fourth-order valence-electron chi connectivity index (χ4n) is 3.70. The Morgan fingerprint density at radius 3 is 2.32 bits per heavy atom. The summed E-state index contributed by atoms with van der Waals surface area (Å²) in [6.07, 6.45) is 4.57. The normalized spacial score (nSPS) is 20.4. The summed E-state index contributed by atoms with van der Waals surface area (Å²) in [7, 11) is 0. The van der Waals surface area contributed by atoms with Crippen LogP contribution in [0.4, 0.5) is 4.39 Å². The van der Waals surface area contributed by atoms with E-state index in [2.05, 4.69) is 0 Å². The lowest BCUT2D eigenvalue weighted by atomic mass is 9.82. The minimum atomic E-state index is -0.194. The Hall–Kier alpha value is -2.00. The van der Waals surface area contributed by atoms with Gasteiger partial charge in [-0.2, -0.15) is 0 Å². The molecule has 2 aromatic rings. The second kappa shape index (κ2) is 7.92. The van der Waals surface area contributed by atoms with Crippen LogP contribution in [0.3, 0.4) is 0 Å². The standard InChI is InChI=1S/C22H25FO2/c1-3-25-20-11-8-17(9-12-20)19-10-13-21(22(23)14-19)18-6-4-16(5-7-18)15(2)24/h4-7,10,13-14,17,20H,3,8-9,11-12H2,1-2H3. The average molecular weight is 340 g/mol. The van der Waals surface area contributed by atoms with Crippen LogP contribution in [0, 0.1) is 5.82 Å². The van der Waals surface area contributed by atoms with E-state index in [0.29, 0.717) is 23.1 Å². The third-order valence-electron chi connectivity index (χ3n) is 5.14. The average Bonchev–Trinajstić information content (AvgIpc) is 2.63. The molecule has 0 aromatic heterocycles. The molecule has 0 unspecified atom stereocenters. The Balaban J connectivity index is 1.74. The third-order valence-corrected chi connectivity index (χ3v) is 5.14. The summed E-state index contributed by atoms with van der Waals surface area (Å²) in [4.78, 5) is 11.4. The molecule has 0 spiro atoms. The van der Waals surface area contributed by atoms with Crippen molar-refractivity contribution in [3.05, 3.63) is 59.4 Å². The maximum atomic E-state index is 14.7. The SMILES string of the molecule is CCOC1CCC(c2ccc(-c3ccc(C(C)=O)cc3)c(F)c2)CC1. The van der Waals surface area contributed by atoms with Gasteiger partial charge in [0.15, 0.2) is 5.78 Å². The topological polar surface area (TPSA) is 26.3 Å². The van der Waals surface area contributed by atoms with Crippen molar-refractivity contribution in [1.82, 2.24) is 0 Å². The molecule has 0 saturated heterocycles. The first-order chi connectivity index (χ1) is 12.1. The fourth-order valence-corrected chi connectivity index (χ4v) is 3.70. The quantitative estimate of drug-likeness (QED) is 0.647. The molecule has 1 aliphatic rings. The van der Waals surface area contributed by atoms with Crippen molar-refractivity contribution in [2.45, 2.75) is 51.6 Å². The molecule has 0 aliphatic heterocycles. The second-order valence-corrected chi connectivity index (χ2v) is 6.80. The molecule has 3 rings (SSSR count). The molecule has 0 heterocycles. The molecule has 0 bridgehead atoms. The number of ketones is 1. The van der Waals surface area contributed by atoms with E-state index in [1.165, 1.54) is 6.92 Å². The number of carbonyl (C=O) groups is 1. The highest BCUT2D eigenvalue weighted by molar-refractivity contribution is 5.94. The number of rotatable bonds is 5. The van der Waals surface area contributed by atoms with Crippen LogP contribution >= 0.6 is 0 Å². The minimum Gasteiger partial charge on any atom is -0.379 e. The smallest absolute Gasteiger partial charge is 0.159 e. The highest BCUT2D eigenvalue weighted by Crippen LogP contribution is 2.35. The Kier molecular flexibility index (Phi) is 5.64. The summed E-state index contributed by atoms with van der Waals surface area (Å²) in [5, 5.41) is 0. The summed E-state index contributed by atoms with van der Waals surface area (Å²) in [5.41, 5.74) is 3.11. The number of benzene rings is 2. The van der Waals surface area contributed by atoms with E-state index in [0.717, 1.165) is 43.4 Å². The molecule has 2 aromatic carbocycles. The highest BCUT2D eigenvalue weighted by Gasteiger charge is 2.23. The van der Waals surface area contributed by atoms with Crippen LogP contribution in [-0.2, 0) is 4.74 Å². The maximum absolute atomic E-state index is 14.7. The van der Waals surface area contributed by atoms with Crippen molar-refractivity contribution in [2.24, 2.45) is 0 Å². The van der Waals surface area contributed by atoms with Gasteiger partial charge in [0.2, 0.25) is 0 Å². The van der Waals surface area contributed by atoms with Gasteiger partial charge in [-0.25, -0.2) is 4.39 Å². The number of hydrogen-bond donors (Lipinski definition) is 0. The summed E-state index contributed by atoms with van der Waals surface area (Å²) < 4.78 is 20.4. The first-order valence-corrected chi connectivity index (χ1v) is 9.11. The molecule has 1 saturated carbocycles. The van der Waals surface area contributed by atoms with Crippen LogP contribution < -0.4 is 0 Å². The third kappa shape index (κ3) is 4.16. The van der Waals surface area contributed by atoms with Crippen molar-refractivity contribution in [2.75, 3.05) is 6.61 Å². The second-order valence-electron chi connectivity index (χ2n) is 6.80. The Bertz CT molecular complexity index is 728. The van der Waals surface area contributed by atoms with Gasteiger partial charge in [-0.3, -0.25) is 4.79 Å². The lowest BCUT2D eigenvalue weighted by Crippen LogP contribution is -2.20. The minimum absolute atomic E-state index is 0.0185. The van der Waals surface area contributed by atoms with Gasteiger partial charge in [0.1, 0.15) is 5.82 Å². The first kappa shape index (κ1) is 17.8. The molecule has 0 atom stereocenters. The Labute approximate surface area is 149 Å². The van der Waals surface area contributed by atoms with E-state index in [4.69, 9.17) is 4.74 Å². The van der Waals surface area contributed by atoms with Crippen molar-refractivity contribution in [3.63, 3.8) is 0 Å². The molecule has 0 N–H and O–H groups in total. The van der Waals surface area contributed by atoms with Gasteiger partial charge < -0.3 is 4.74 Å². The highest BCUT2D eigenvalue weighted by atomic mass is 19.1. The number of halogens is 1. The van der Waals surface area contributed by atoms with E-state index in [1.807, 2.05) is 31.2 Å². The van der Waals surface area contributed by atoms with Gasteiger partial charge in [0, 0.05) is 17.7 Å². The lowest BCUT2D eigenvalue weighted by Gasteiger charge is -2.28. The van der Waals surface area contributed by atoms with Crippen molar-refractivity contribution < 1.29 is 13.9 Å². The monoisotopic (exact) mass is 340 g/mol. The molecule has 0 radical (unpaired) electrons. The Morgan fingerprint density at radius 2 is 1.76 bits per heavy atom. The van der Waals surface area contributed by atoms with Crippen LogP contribution in [0.1, 0.15) is 61.4 Å². The molecular weight excluding hydrogens is 315 g/mol. The summed E-state index contributed by atoms with van der Waals surface area (Å²) in [6.45, 7) is 4.33. The maximum Gasteiger partial charge on any atom is 0.159 e. The van der Waals surface area contributed by atoms with Crippen LogP contribution in [0.25, 0.3) is 11.1 Å². The predicted molar refractivity (Wildman–Crippen MR) is 98.5 cm³/mol. The van der Waals surface area contributed by atoms with E-state index < -0.39 is 0 Å². The van der Waals surface area contributed by atoms with E-state index >= 15 is 0 Å². The van der Waals surface area contributed by atoms with Crippen molar-refractivity contribution in [3.8, 4) is 11.1 Å². The number of Topliss-reactive ketones (excluding diaryl/α,β-unsaturated/α-hetero) is 1. The predicted octanol–water partition coefficient (Wildman–Crippen LogP) is 5.76. The zero-order valence-electron chi connectivity index (χ0n) is 14.9. The van der Waals surface area contributed by atoms with E-state index in [9.17, 15) is 9.18 Å². The molecule has 132 valence electrons. The largest absolute Gasteiger partial charge is 0.379 e. The van der Waals surface area contributed by atoms with Crippen LogP contribution in [-0.4, -0.2) is 18.5 Å². The molecule has 1 fully saturated rings. The van der Waals surface area contributed by atoms with Gasteiger partial charge in [-0.05, 0) is 62.6 Å². The zero-order valence-corrected chi connectivity index (χ0v) is 14.9. The molecular formula is C22H25FO2. The number of carbonyl (C=O) groups excluding carboxylic acids is 1. The number of ether oxygens (including phenoxy) is 1. The van der Waals surface area contributed by atoms with Gasteiger partial charge in [0.05, 0.1) is 6.10 Å². The Morgan fingerprint density at radius 1 is 1.08 bits per heavy atom. The van der Waals surface area contributed by atoms with Crippen molar-refractivity contribution >= 4 is 5.78 Å². The van der Waals surface area contributed by atoms with E-state index in [1.54, 1.807) is 18.2 Å². The van der Waals surface area contributed by atoms with Gasteiger partial charge in [0.25, 0.3) is 0 Å². The first-order valence-electron chi connectivity index (χ1n) is 9.11. The van der Waals surface area contributed by atoms with E-state index in [-0.39, 0.29) is 11.6 Å². The molecule has 25 heavy (non-hydrogen) atoms. The number of hydrogen-bond acceptors (Lipinski definition) is 2.